The van der Waals surface area contributed by atoms with Gasteiger partial charge in [-0.05, 0) is 42.7 Å². The normalized spacial score (nSPS) is 21.0. The minimum atomic E-state index is 0.0746. The van der Waals surface area contributed by atoms with E-state index in [1.165, 1.54) is 12.0 Å². The number of rotatable bonds is 5. The van der Waals surface area contributed by atoms with Crippen LogP contribution in [0.25, 0.3) is 6.08 Å². The first-order valence-corrected chi connectivity index (χ1v) is 11.6. The van der Waals surface area contributed by atoms with Gasteiger partial charge in [-0.2, -0.15) is 0 Å². The molecule has 0 aliphatic carbocycles. The summed E-state index contributed by atoms with van der Waals surface area (Å²) in [5, 5.41) is 0. The van der Waals surface area contributed by atoms with Crippen molar-refractivity contribution in [2.45, 2.75) is 18.9 Å². The van der Waals surface area contributed by atoms with E-state index in [-0.39, 0.29) is 5.91 Å². The number of amides is 1. The highest BCUT2D eigenvalue weighted by Crippen LogP contribution is 2.38. The molecule has 2 saturated heterocycles. The molecule has 1 atom stereocenters. The molecular weight excluding hydrogens is 402 g/mol. The molecule has 2 aromatic carbocycles. The second-order valence-electron chi connectivity index (χ2n) is 8.69. The van der Waals surface area contributed by atoms with Crippen LogP contribution in [0.5, 0.6) is 5.75 Å². The Kier molecular flexibility index (Phi) is 6.14. The van der Waals surface area contributed by atoms with Gasteiger partial charge in [0.2, 0.25) is 0 Å². The minimum Gasteiger partial charge on any atom is -0.495 e. The van der Waals surface area contributed by atoms with Crippen molar-refractivity contribution in [2.24, 2.45) is 0 Å². The van der Waals surface area contributed by atoms with Gasteiger partial charge in [0.05, 0.1) is 18.9 Å². The highest BCUT2D eigenvalue weighted by Gasteiger charge is 2.26. The van der Waals surface area contributed by atoms with Gasteiger partial charge in [-0.1, -0.05) is 30.4 Å². The van der Waals surface area contributed by atoms with Crippen molar-refractivity contribution in [2.75, 3.05) is 57.9 Å². The number of nitrogens with zero attached hydrogens (tertiary/aromatic N) is 3. The quantitative estimate of drug-likeness (QED) is 0.718. The van der Waals surface area contributed by atoms with Gasteiger partial charge in [0.15, 0.2) is 0 Å². The Morgan fingerprint density at radius 2 is 1.94 bits per heavy atom. The highest BCUT2D eigenvalue weighted by atomic mass is 16.5. The summed E-state index contributed by atoms with van der Waals surface area (Å²) in [6.45, 7) is 5.94. The van der Waals surface area contributed by atoms with Crippen LogP contribution in [0, 0.1) is 0 Å². The topological polar surface area (TPSA) is 45.3 Å². The average molecular weight is 434 g/mol. The number of hydrogen-bond acceptors (Lipinski definition) is 5. The molecule has 168 valence electrons. The molecule has 2 fully saturated rings. The number of para-hydroxylation sites is 1. The predicted molar refractivity (Wildman–Crippen MR) is 127 cm³/mol. The molecule has 0 aromatic heterocycles. The second kappa shape index (κ2) is 9.35. The number of benzene rings is 2. The fourth-order valence-corrected chi connectivity index (χ4v) is 4.91. The molecule has 5 rings (SSSR count). The lowest BCUT2D eigenvalue weighted by Crippen LogP contribution is -2.50. The van der Waals surface area contributed by atoms with Gasteiger partial charge in [-0.3, -0.25) is 9.69 Å². The van der Waals surface area contributed by atoms with Crippen LogP contribution in [0.4, 0.5) is 11.4 Å². The van der Waals surface area contributed by atoms with Crippen molar-refractivity contribution >= 4 is 23.4 Å². The maximum absolute atomic E-state index is 13.2. The van der Waals surface area contributed by atoms with Crippen molar-refractivity contribution in [3.05, 3.63) is 59.7 Å². The number of carbonyl (C=O) groups is 1. The van der Waals surface area contributed by atoms with Crippen LogP contribution in [-0.4, -0.2) is 74.8 Å². The summed E-state index contributed by atoms with van der Waals surface area (Å²) in [7, 11) is 1.67. The Morgan fingerprint density at radius 3 is 2.72 bits per heavy atom. The number of methoxy groups -OCH3 is 1. The summed E-state index contributed by atoms with van der Waals surface area (Å²) >= 11 is 0. The van der Waals surface area contributed by atoms with E-state index in [1.807, 2.05) is 35.2 Å². The van der Waals surface area contributed by atoms with Crippen LogP contribution in [0.2, 0.25) is 0 Å². The van der Waals surface area contributed by atoms with Gasteiger partial charge < -0.3 is 19.3 Å². The van der Waals surface area contributed by atoms with Crippen LogP contribution >= 0.6 is 0 Å². The van der Waals surface area contributed by atoms with E-state index >= 15 is 0 Å². The minimum absolute atomic E-state index is 0.0746. The van der Waals surface area contributed by atoms with Crippen LogP contribution < -0.4 is 9.64 Å². The molecule has 3 aliphatic rings. The van der Waals surface area contributed by atoms with E-state index in [0.717, 1.165) is 69.4 Å². The molecule has 6 heteroatoms. The van der Waals surface area contributed by atoms with Crippen molar-refractivity contribution in [3.8, 4) is 5.75 Å². The monoisotopic (exact) mass is 433 g/mol. The summed E-state index contributed by atoms with van der Waals surface area (Å²) in [5.74, 6) is 0.795. The SMILES string of the molecule is COc1cc(C(=O)N2CCN(CC3CCCO3)CC2)ccc1N1CC=Cc2ccccc21. The molecule has 0 saturated carbocycles. The van der Waals surface area contributed by atoms with Crippen molar-refractivity contribution < 1.29 is 14.3 Å². The lowest BCUT2D eigenvalue weighted by atomic mass is 10.1. The van der Waals surface area contributed by atoms with Crippen molar-refractivity contribution in [3.63, 3.8) is 0 Å². The third-order valence-electron chi connectivity index (χ3n) is 6.68. The van der Waals surface area contributed by atoms with Crippen LogP contribution in [0.3, 0.4) is 0 Å². The van der Waals surface area contributed by atoms with E-state index in [4.69, 9.17) is 9.47 Å². The maximum Gasteiger partial charge on any atom is 0.254 e. The summed E-state index contributed by atoms with van der Waals surface area (Å²) in [6, 6.07) is 14.2. The molecule has 1 unspecified atom stereocenters. The zero-order chi connectivity index (χ0) is 21.9. The van der Waals surface area contributed by atoms with E-state index < -0.39 is 0 Å². The number of fused-ring (bicyclic) bond motifs is 1. The summed E-state index contributed by atoms with van der Waals surface area (Å²) < 4.78 is 11.5. The first-order valence-electron chi connectivity index (χ1n) is 11.6. The standard InChI is InChI=1S/C26H31N3O3/c1-31-25-18-21(10-11-24(25)29-12-4-7-20-6-2-3-9-23(20)29)26(30)28-15-13-27(14-16-28)19-22-8-5-17-32-22/h2-4,6-7,9-11,18,22H,5,8,12-17,19H2,1H3. The highest BCUT2D eigenvalue weighted by molar-refractivity contribution is 5.96. The van der Waals surface area contributed by atoms with Gasteiger partial charge in [0.25, 0.3) is 5.91 Å². The molecule has 3 aliphatic heterocycles. The first-order chi connectivity index (χ1) is 15.7. The fraction of sp³-hybridized carbons (Fsp3) is 0.423. The van der Waals surface area contributed by atoms with Gasteiger partial charge >= 0.3 is 0 Å². The smallest absolute Gasteiger partial charge is 0.254 e. The van der Waals surface area contributed by atoms with Crippen LogP contribution in [0.15, 0.2) is 48.5 Å². The zero-order valence-electron chi connectivity index (χ0n) is 18.7. The van der Waals surface area contributed by atoms with Gasteiger partial charge in [0.1, 0.15) is 5.75 Å². The van der Waals surface area contributed by atoms with Gasteiger partial charge in [-0.15, -0.1) is 0 Å². The molecule has 0 radical (unpaired) electrons. The molecule has 0 bridgehead atoms. The molecule has 3 heterocycles. The molecule has 2 aromatic rings. The molecule has 6 nitrogen and oxygen atoms in total. The Morgan fingerprint density at radius 1 is 1.09 bits per heavy atom. The Bertz CT molecular complexity index is 992. The van der Waals surface area contributed by atoms with E-state index in [2.05, 4.69) is 34.1 Å². The molecular formula is C26H31N3O3. The Balaban J connectivity index is 1.28. The molecule has 32 heavy (non-hydrogen) atoms. The molecule has 1 amide bonds. The number of ether oxygens (including phenoxy) is 2. The maximum atomic E-state index is 13.2. The lowest BCUT2D eigenvalue weighted by Gasteiger charge is -2.36. The first kappa shape index (κ1) is 21.0. The summed E-state index contributed by atoms with van der Waals surface area (Å²) in [5.41, 5.74) is 3.98. The number of anilines is 2. The lowest BCUT2D eigenvalue weighted by molar-refractivity contribution is 0.0432. The molecule has 0 spiro atoms. The average Bonchev–Trinajstić information content (AvgIpc) is 3.36. The van der Waals surface area contributed by atoms with E-state index in [1.54, 1.807) is 7.11 Å². The third kappa shape index (κ3) is 4.25. The van der Waals surface area contributed by atoms with Gasteiger partial charge in [-0.25, -0.2) is 0 Å². The number of hydrogen-bond donors (Lipinski definition) is 0. The Hall–Kier alpha value is -2.83. The third-order valence-corrected chi connectivity index (χ3v) is 6.68. The largest absolute Gasteiger partial charge is 0.495 e. The molecule has 0 N–H and O–H groups in total. The Labute approximate surface area is 190 Å². The zero-order valence-corrected chi connectivity index (χ0v) is 18.7. The van der Waals surface area contributed by atoms with Gasteiger partial charge in [0, 0.05) is 57.1 Å². The predicted octanol–water partition coefficient (Wildman–Crippen LogP) is 3.80. The number of piperazine rings is 1. The number of carbonyl (C=O) groups excluding carboxylic acids is 1. The van der Waals surface area contributed by atoms with Crippen LogP contribution in [0.1, 0.15) is 28.8 Å². The summed E-state index contributed by atoms with van der Waals surface area (Å²) in [6.07, 6.45) is 6.98. The fourth-order valence-electron chi connectivity index (χ4n) is 4.91. The second-order valence-corrected chi connectivity index (χ2v) is 8.69. The van der Waals surface area contributed by atoms with E-state index in [0.29, 0.717) is 11.7 Å². The van der Waals surface area contributed by atoms with Crippen molar-refractivity contribution in [1.82, 2.24) is 9.80 Å². The van der Waals surface area contributed by atoms with Crippen LogP contribution in [-0.2, 0) is 4.74 Å². The van der Waals surface area contributed by atoms with E-state index in [9.17, 15) is 4.79 Å². The van der Waals surface area contributed by atoms with Crippen molar-refractivity contribution in [1.29, 1.82) is 0 Å². The summed E-state index contributed by atoms with van der Waals surface area (Å²) in [4.78, 5) is 19.8.